The lowest BCUT2D eigenvalue weighted by Crippen LogP contribution is -2.47. The summed E-state index contributed by atoms with van der Waals surface area (Å²) in [6.45, 7) is 11.6. The van der Waals surface area contributed by atoms with E-state index in [4.69, 9.17) is 9.26 Å². The summed E-state index contributed by atoms with van der Waals surface area (Å²) >= 11 is 0. The molecular weight excluding hydrogens is 398 g/mol. The first-order chi connectivity index (χ1) is 15.1. The number of anilines is 1. The quantitative estimate of drug-likeness (QED) is 0.670. The minimum absolute atomic E-state index is 0.0991. The smallest absolute Gasteiger partial charge is 0.240 e. The summed E-state index contributed by atoms with van der Waals surface area (Å²) in [6, 6.07) is 0. The molecule has 0 amide bonds. The molecule has 1 N–H and O–H groups in total. The molecular formula is C21H35N7O3. The molecule has 3 atom stereocenters. The third-order valence-corrected chi connectivity index (χ3v) is 6.42. The topological polar surface area (TPSA) is 106 Å². The molecule has 2 fully saturated rings. The van der Waals surface area contributed by atoms with Gasteiger partial charge in [-0.3, -0.25) is 9.47 Å². The average molecular weight is 434 g/mol. The highest BCUT2D eigenvalue weighted by molar-refractivity contribution is 5.33. The fraction of sp³-hybridized carbons (Fsp3) is 0.810. The van der Waals surface area contributed by atoms with Crippen molar-refractivity contribution in [1.82, 2.24) is 29.8 Å². The Morgan fingerprint density at radius 2 is 1.90 bits per heavy atom. The van der Waals surface area contributed by atoms with Crippen LogP contribution in [0.1, 0.15) is 76.0 Å². The molecule has 31 heavy (non-hydrogen) atoms. The molecule has 4 rings (SSSR count). The summed E-state index contributed by atoms with van der Waals surface area (Å²) in [6.07, 6.45) is 3.62. The number of hydrogen-bond donors (Lipinski definition) is 1. The predicted molar refractivity (Wildman–Crippen MR) is 115 cm³/mol. The lowest BCUT2D eigenvalue weighted by Gasteiger charge is -2.34. The zero-order valence-corrected chi connectivity index (χ0v) is 18.9. The Morgan fingerprint density at radius 3 is 2.61 bits per heavy atom. The maximum absolute atomic E-state index is 10.5. The predicted octanol–water partition coefficient (Wildman–Crippen LogP) is 2.12. The molecule has 172 valence electrons. The zero-order chi connectivity index (χ0) is 21.8. The van der Waals surface area contributed by atoms with Crippen molar-refractivity contribution in [2.75, 3.05) is 37.7 Å². The van der Waals surface area contributed by atoms with Crippen LogP contribution < -0.4 is 4.90 Å². The first kappa shape index (κ1) is 22.2. The van der Waals surface area contributed by atoms with Crippen LogP contribution in [-0.2, 0) is 17.8 Å². The van der Waals surface area contributed by atoms with Gasteiger partial charge in [0, 0.05) is 45.2 Å². The SMILES string of the molecule is CCOC(C)c1noc(CN2CCN(c3nnc(C4CCCCC4O)n3CC)CC2)n1. The number of aliphatic hydroxyl groups excluding tert-OH is 1. The molecule has 10 nitrogen and oxygen atoms in total. The third kappa shape index (κ3) is 4.91. The second kappa shape index (κ2) is 10.1. The Kier molecular flexibility index (Phi) is 7.19. The Morgan fingerprint density at radius 1 is 1.13 bits per heavy atom. The van der Waals surface area contributed by atoms with E-state index in [9.17, 15) is 5.11 Å². The van der Waals surface area contributed by atoms with Crippen molar-refractivity contribution in [2.45, 2.75) is 77.7 Å². The van der Waals surface area contributed by atoms with E-state index in [2.05, 4.69) is 41.6 Å². The Bertz CT molecular complexity index is 831. The van der Waals surface area contributed by atoms with Crippen LogP contribution in [0.25, 0.3) is 0 Å². The zero-order valence-electron chi connectivity index (χ0n) is 18.9. The van der Waals surface area contributed by atoms with Crippen LogP contribution in [0.3, 0.4) is 0 Å². The van der Waals surface area contributed by atoms with Gasteiger partial charge in [-0.15, -0.1) is 10.2 Å². The van der Waals surface area contributed by atoms with Gasteiger partial charge in [0.2, 0.25) is 11.8 Å². The van der Waals surface area contributed by atoms with Crippen molar-refractivity contribution < 1.29 is 14.4 Å². The van der Waals surface area contributed by atoms with E-state index in [1.54, 1.807) is 0 Å². The van der Waals surface area contributed by atoms with E-state index in [1.165, 1.54) is 0 Å². The van der Waals surface area contributed by atoms with Crippen LogP contribution in [0.15, 0.2) is 4.52 Å². The van der Waals surface area contributed by atoms with Gasteiger partial charge >= 0.3 is 0 Å². The molecule has 10 heteroatoms. The van der Waals surface area contributed by atoms with Gasteiger partial charge in [-0.05, 0) is 33.6 Å². The molecule has 2 aromatic rings. The van der Waals surface area contributed by atoms with Crippen LogP contribution in [0.5, 0.6) is 0 Å². The van der Waals surface area contributed by atoms with E-state index >= 15 is 0 Å². The summed E-state index contributed by atoms with van der Waals surface area (Å²) in [7, 11) is 0. The fourth-order valence-corrected chi connectivity index (χ4v) is 4.65. The number of ether oxygens (including phenoxy) is 1. The molecule has 0 radical (unpaired) electrons. The number of nitrogens with zero attached hydrogens (tertiary/aromatic N) is 7. The molecule has 3 heterocycles. The lowest BCUT2D eigenvalue weighted by molar-refractivity contribution is 0.0683. The van der Waals surface area contributed by atoms with Gasteiger partial charge in [0.15, 0.2) is 5.82 Å². The monoisotopic (exact) mass is 433 g/mol. The van der Waals surface area contributed by atoms with Gasteiger partial charge in [-0.2, -0.15) is 4.98 Å². The van der Waals surface area contributed by atoms with Crippen LogP contribution in [0, 0.1) is 0 Å². The Labute approximate surface area is 183 Å². The van der Waals surface area contributed by atoms with Gasteiger partial charge in [-0.25, -0.2) is 0 Å². The first-order valence-corrected chi connectivity index (χ1v) is 11.6. The molecule has 1 saturated carbocycles. The molecule has 2 aliphatic rings. The highest BCUT2D eigenvalue weighted by Crippen LogP contribution is 2.33. The van der Waals surface area contributed by atoms with E-state index in [-0.39, 0.29) is 18.1 Å². The molecule has 0 aromatic carbocycles. The molecule has 1 aliphatic heterocycles. The van der Waals surface area contributed by atoms with E-state index < -0.39 is 0 Å². The van der Waals surface area contributed by atoms with Crippen molar-refractivity contribution in [2.24, 2.45) is 0 Å². The van der Waals surface area contributed by atoms with Crippen molar-refractivity contribution >= 4 is 5.95 Å². The maximum Gasteiger partial charge on any atom is 0.240 e. The molecule has 3 unspecified atom stereocenters. The van der Waals surface area contributed by atoms with Crippen LogP contribution in [-0.4, -0.2) is 73.8 Å². The Hall–Kier alpha value is -2.04. The summed E-state index contributed by atoms with van der Waals surface area (Å²) < 4.78 is 13.1. The lowest BCUT2D eigenvalue weighted by atomic mass is 9.86. The van der Waals surface area contributed by atoms with Crippen molar-refractivity contribution in [1.29, 1.82) is 0 Å². The van der Waals surface area contributed by atoms with Crippen molar-refractivity contribution in [3.05, 3.63) is 17.5 Å². The van der Waals surface area contributed by atoms with Gasteiger partial charge < -0.3 is 19.3 Å². The summed E-state index contributed by atoms with van der Waals surface area (Å²) in [5.41, 5.74) is 0. The molecule has 1 aliphatic carbocycles. The van der Waals surface area contributed by atoms with Crippen molar-refractivity contribution in [3.63, 3.8) is 0 Å². The molecule has 0 spiro atoms. The largest absolute Gasteiger partial charge is 0.392 e. The van der Waals surface area contributed by atoms with Gasteiger partial charge in [0.05, 0.1) is 12.6 Å². The van der Waals surface area contributed by atoms with Crippen LogP contribution in [0.4, 0.5) is 5.95 Å². The van der Waals surface area contributed by atoms with Crippen LogP contribution >= 0.6 is 0 Å². The number of aromatic nitrogens is 5. The average Bonchev–Trinajstić information content (AvgIpc) is 3.42. The van der Waals surface area contributed by atoms with E-state index in [0.717, 1.165) is 70.2 Å². The van der Waals surface area contributed by atoms with Gasteiger partial charge in [0.25, 0.3) is 0 Å². The molecule has 2 aromatic heterocycles. The summed E-state index contributed by atoms with van der Waals surface area (Å²) in [5.74, 6) is 3.18. The van der Waals surface area contributed by atoms with E-state index in [0.29, 0.717) is 24.9 Å². The van der Waals surface area contributed by atoms with Crippen molar-refractivity contribution in [3.8, 4) is 0 Å². The van der Waals surface area contributed by atoms with Gasteiger partial charge in [-0.1, -0.05) is 18.0 Å². The summed E-state index contributed by atoms with van der Waals surface area (Å²) in [5, 5.41) is 23.6. The second-order valence-corrected chi connectivity index (χ2v) is 8.47. The van der Waals surface area contributed by atoms with E-state index in [1.807, 2.05) is 13.8 Å². The maximum atomic E-state index is 10.5. The third-order valence-electron chi connectivity index (χ3n) is 6.42. The highest BCUT2D eigenvalue weighted by atomic mass is 16.5. The number of rotatable bonds is 8. The highest BCUT2D eigenvalue weighted by Gasteiger charge is 2.31. The second-order valence-electron chi connectivity index (χ2n) is 8.47. The Balaban J connectivity index is 1.36. The van der Waals surface area contributed by atoms with Gasteiger partial charge in [0.1, 0.15) is 11.9 Å². The molecule has 0 bridgehead atoms. The summed E-state index contributed by atoms with van der Waals surface area (Å²) in [4.78, 5) is 9.09. The normalized spacial score (nSPS) is 23.9. The van der Waals surface area contributed by atoms with Crippen LogP contribution in [0.2, 0.25) is 0 Å². The number of aliphatic hydroxyl groups is 1. The fourth-order valence-electron chi connectivity index (χ4n) is 4.65. The number of hydrogen-bond acceptors (Lipinski definition) is 9. The minimum atomic E-state index is -0.308. The minimum Gasteiger partial charge on any atom is -0.392 e. The molecule has 1 saturated heterocycles. The standard InChI is InChI=1S/C21H35N7O3/c1-4-28-20(16-8-6-7-9-17(16)29)23-24-21(28)27-12-10-26(11-13-27)14-18-22-19(25-31-18)15(3)30-5-2/h15-17,29H,4-14H2,1-3H3. The number of piperazine rings is 1. The first-order valence-electron chi connectivity index (χ1n) is 11.6.